The van der Waals surface area contributed by atoms with Crippen LogP contribution in [-0.4, -0.2) is 58.8 Å². The number of H-pyrrole nitrogens is 1. The molecule has 4 aromatic rings. The molecular formula is C21H20N6O3S2. The molecule has 0 saturated carbocycles. The Bertz CT molecular complexity index is 1440. The number of sulfonamides is 1. The zero-order valence-corrected chi connectivity index (χ0v) is 18.9. The van der Waals surface area contributed by atoms with E-state index in [1.165, 1.54) is 4.31 Å². The summed E-state index contributed by atoms with van der Waals surface area (Å²) in [6, 6.07) is 11.5. The Hall–Kier alpha value is -3.15. The molecule has 4 heterocycles. The number of rotatable bonds is 4. The van der Waals surface area contributed by atoms with Gasteiger partial charge in [-0.2, -0.15) is 4.31 Å². The van der Waals surface area contributed by atoms with Gasteiger partial charge >= 0.3 is 4.87 Å². The van der Waals surface area contributed by atoms with Gasteiger partial charge in [-0.05, 0) is 31.2 Å². The van der Waals surface area contributed by atoms with Crippen molar-refractivity contribution in [2.45, 2.75) is 11.1 Å². The minimum Gasteiger partial charge on any atom is -0.353 e. The van der Waals surface area contributed by atoms with Gasteiger partial charge in [0.25, 0.3) is 10.0 Å². The third kappa shape index (κ3) is 3.68. The van der Waals surface area contributed by atoms with Gasteiger partial charge in [0.2, 0.25) is 0 Å². The van der Waals surface area contributed by atoms with E-state index in [1.807, 2.05) is 36.4 Å². The lowest BCUT2D eigenvalue weighted by Crippen LogP contribution is -2.49. The summed E-state index contributed by atoms with van der Waals surface area (Å²) in [5.41, 5.74) is 2.02. The summed E-state index contributed by atoms with van der Waals surface area (Å²) in [6.45, 7) is 3.16. The van der Waals surface area contributed by atoms with E-state index in [4.69, 9.17) is 9.97 Å². The molecule has 1 saturated heterocycles. The SMILES string of the molecule is Cc1[nH]c(=O)sc1S(=O)(=O)N1CCN(c2nc(-c3cccnc3)nc3ccccc23)CC1. The molecule has 11 heteroatoms. The van der Waals surface area contributed by atoms with Crippen molar-refractivity contribution >= 4 is 38.1 Å². The largest absolute Gasteiger partial charge is 0.353 e. The summed E-state index contributed by atoms with van der Waals surface area (Å²) >= 11 is 0.733. The van der Waals surface area contributed by atoms with Crippen LogP contribution in [0.4, 0.5) is 5.82 Å². The standard InChI is InChI=1S/C21H20N6O3S2/c1-14-20(31-21(28)23-14)32(29,30)27-11-9-26(10-12-27)19-16-6-2-3-7-17(16)24-18(25-19)15-5-4-8-22-13-15/h2-8,13H,9-12H2,1H3,(H,23,28). The number of aryl methyl sites for hydroxylation is 1. The first kappa shape index (κ1) is 20.7. The molecular weight excluding hydrogens is 448 g/mol. The highest BCUT2D eigenvalue weighted by Gasteiger charge is 2.32. The Labute approximate surface area is 188 Å². The molecule has 0 amide bonds. The van der Waals surface area contributed by atoms with Gasteiger partial charge in [-0.3, -0.25) is 9.78 Å². The van der Waals surface area contributed by atoms with E-state index < -0.39 is 10.0 Å². The molecule has 0 spiro atoms. The summed E-state index contributed by atoms with van der Waals surface area (Å²) in [5, 5.41) is 0.913. The fourth-order valence-electron chi connectivity index (χ4n) is 3.82. The van der Waals surface area contributed by atoms with E-state index in [2.05, 4.69) is 14.9 Å². The lowest BCUT2D eigenvalue weighted by atomic mass is 10.2. The van der Waals surface area contributed by atoms with Crippen molar-refractivity contribution in [2.24, 2.45) is 0 Å². The van der Waals surface area contributed by atoms with Crippen LogP contribution in [0.2, 0.25) is 0 Å². The number of para-hydroxylation sites is 1. The van der Waals surface area contributed by atoms with Crippen molar-refractivity contribution in [2.75, 3.05) is 31.1 Å². The highest BCUT2D eigenvalue weighted by atomic mass is 32.2. The second-order valence-electron chi connectivity index (χ2n) is 7.45. The van der Waals surface area contributed by atoms with E-state index in [0.717, 1.165) is 33.6 Å². The van der Waals surface area contributed by atoms with Crippen LogP contribution in [0.15, 0.2) is 57.8 Å². The van der Waals surface area contributed by atoms with E-state index in [0.29, 0.717) is 37.7 Å². The molecule has 1 aromatic carbocycles. The number of aromatic nitrogens is 4. The lowest BCUT2D eigenvalue weighted by molar-refractivity contribution is 0.385. The second-order valence-corrected chi connectivity index (χ2v) is 10.6. The monoisotopic (exact) mass is 468 g/mol. The number of hydrogen-bond acceptors (Lipinski definition) is 8. The molecule has 5 rings (SSSR count). The molecule has 0 atom stereocenters. The van der Waals surface area contributed by atoms with E-state index in [-0.39, 0.29) is 9.08 Å². The lowest BCUT2D eigenvalue weighted by Gasteiger charge is -2.35. The number of hydrogen-bond donors (Lipinski definition) is 1. The predicted octanol–water partition coefficient (Wildman–Crippen LogP) is 2.26. The summed E-state index contributed by atoms with van der Waals surface area (Å²) in [7, 11) is -3.72. The molecule has 32 heavy (non-hydrogen) atoms. The van der Waals surface area contributed by atoms with E-state index in [1.54, 1.807) is 19.3 Å². The van der Waals surface area contributed by atoms with Crippen LogP contribution in [0.5, 0.6) is 0 Å². The van der Waals surface area contributed by atoms with Gasteiger partial charge in [0, 0.05) is 55.2 Å². The third-order valence-corrected chi connectivity index (χ3v) is 8.88. The van der Waals surface area contributed by atoms with Crippen molar-refractivity contribution in [1.82, 2.24) is 24.2 Å². The summed E-state index contributed by atoms with van der Waals surface area (Å²) < 4.78 is 27.6. The number of anilines is 1. The van der Waals surface area contributed by atoms with Crippen LogP contribution >= 0.6 is 11.3 Å². The number of piperazine rings is 1. The van der Waals surface area contributed by atoms with Gasteiger partial charge < -0.3 is 9.88 Å². The maximum atomic E-state index is 13.0. The van der Waals surface area contributed by atoms with Crippen molar-refractivity contribution in [3.05, 3.63) is 64.2 Å². The Kier molecular flexibility index (Phi) is 5.24. The van der Waals surface area contributed by atoms with Crippen LogP contribution in [0.1, 0.15) is 5.69 Å². The van der Waals surface area contributed by atoms with Crippen LogP contribution in [-0.2, 0) is 10.0 Å². The number of nitrogens with one attached hydrogen (secondary N) is 1. The topological polar surface area (TPSA) is 112 Å². The summed E-state index contributed by atoms with van der Waals surface area (Å²) in [6.07, 6.45) is 3.43. The molecule has 1 N–H and O–H groups in total. The normalized spacial score (nSPS) is 15.3. The molecule has 0 radical (unpaired) electrons. The van der Waals surface area contributed by atoms with Crippen LogP contribution in [0, 0.1) is 6.92 Å². The fourth-order valence-corrected chi connectivity index (χ4v) is 6.68. The Morgan fingerprint density at radius 2 is 1.81 bits per heavy atom. The Morgan fingerprint density at radius 3 is 2.50 bits per heavy atom. The first-order chi connectivity index (χ1) is 15.4. The number of thiazole rings is 1. The van der Waals surface area contributed by atoms with Gasteiger partial charge in [-0.1, -0.05) is 23.5 Å². The highest BCUT2D eigenvalue weighted by Crippen LogP contribution is 2.29. The zero-order chi connectivity index (χ0) is 22.3. The molecule has 1 aliphatic rings. The molecule has 164 valence electrons. The minimum absolute atomic E-state index is 0.0855. The Morgan fingerprint density at radius 1 is 1.03 bits per heavy atom. The smallest absolute Gasteiger partial charge is 0.305 e. The summed E-state index contributed by atoms with van der Waals surface area (Å²) in [4.78, 5) is 29.6. The fraction of sp³-hybridized carbons (Fsp3) is 0.238. The molecule has 0 aliphatic carbocycles. The average molecular weight is 469 g/mol. The molecule has 1 fully saturated rings. The molecule has 0 bridgehead atoms. The maximum Gasteiger partial charge on any atom is 0.305 e. The average Bonchev–Trinajstić information content (AvgIpc) is 3.17. The van der Waals surface area contributed by atoms with Crippen molar-refractivity contribution < 1.29 is 8.42 Å². The second kappa shape index (κ2) is 8.08. The molecule has 3 aromatic heterocycles. The maximum absolute atomic E-state index is 13.0. The Balaban J connectivity index is 1.46. The van der Waals surface area contributed by atoms with E-state index >= 15 is 0 Å². The van der Waals surface area contributed by atoms with Crippen LogP contribution in [0.25, 0.3) is 22.3 Å². The number of aromatic amines is 1. The predicted molar refractivity (Wildman–Crippen MR) is 123 cm³/mol. The quantitative estimate of drug-likeness (QED) is 0.489. The van der Waals surface area contributed by atoms with Crippen LogP contribution in [0.3, 0.4) is 0 Å². The van der Waals surface area contributed by atoms with Crippen LogP contribution < -0.4 is 9.77 Å². The molecule has 1 aliphatic heterocycles. The van der Waals surface area contributed by atoms with Crippen molar-refractivity contribution in [3.63, 3.8) is 0 Å². The highest BCUT2D eigenvalue weighted by molar-refractivity contribution is 7.91. The van der Waals surface area contributed by atoms with Gasteiger partial charge in [-0.25, -0.2) is 18.4 Å². The number of fused-ring (bicyclic) bond motifs is 1. The van der Waals surface area contributed by atoms with Gasteiger partial charge in [0.1, 0.15) is 5.82 Å². The van der Waals surface area contributed by atoms with Crippen molar-refractivity contribution in [3.8, 4) is 11.4 Å². The number of nitrogens with zero attached hydrogens (tertiary/aromatic N) is 5. The van der Waals surface area contributed by atoms with Gasteiger partial charge in [-0.15, -0.1) is 0 Å². The number of pyridine rings is 1. The third-order valence-electron chi connectivity index (χ3n) is 5.40. The molecule has 0 unspecified atom stereocenters. The number of benzene rings is 1. The summed E-state index contributed by atoms with van der Waals surface area (Å²) in [5.74, 6) is 1.35. The van der Waals surface area contributed by atoms with Gasteiger partial charge in [0.05, 0.1) is 5.52 Å². The van der Waals surface area contributed by atoms with Crippen molar-refractivity contribution in [1.29, 1.82) is 0 Å². The van der Waals surface area contributed by atoms with E-state index in [9.17, 15) is 13.2 Å². The molecule has 9 nitrogen and oxygen atoms in total. The zero-order valence-electron chi connectivity index (χ0n) is 17.2. The first-order valence-corrected chi connectivity index (χ1v) is 12.3. The van der Waals surface area contributed by atoms with Gasteiger partial charge in [0.15, 0.2) is 10.0 Å². The first-order valence-electron chi connectivity index (χ1n) is 10.1. The minimum atomic E-state index is -3.72.